The quantitative estimate of drug-likeness (QED) is 0.796. The van der Waals surface area contributed by atoms with Gasteiger partial charge in [-0.2, -0.15) is 0 Å². The minimum atomic E-state index is -0.218. The first-order chi connectivity index (χ1) is 9.70. The molecule has 0 aliphatic rings. The summed E-state index contributed by atoms with van der Waals surface area (Å²) in [6.07, 6.45) is 3.54. The number of aryl methyl sites for hydroxylation is 1. The van der Waals surface area contributed by atoms with Crippen LogP contribution in [0.3, 0.4) is 0 Å². The van der Waals surface area contributed by atoms with Crippen LogP contribution < -0.4 is 5.32 Å². The molecule has 0 bridgehead atoms. The minimum absolute atomic E-state index is 0.218. The molecule has 0 radical (unpaired) electrons. The van der Waals surface area contributed by atoms with Crippen LogP contribution in [-0.2, 0) is 18.3 Å². The fourth-order valence-corrected chi connectivity index (χ4v) is 2.50. The second kappa shape index (κ2) is 7.42. The van der Waals surface area contributed by atoms with Gasteiger partial charge in [0.15, 0.2) is 5.16 Å². The first-order valence-electron chi connectivity index (χ1n) is 6.34. The van der Waals surface area contributed by atoms with Gasteiger partial charge in [-0.15, -0.1) is 0 Å². The van der Waals surface area contributed by atoms with E-state index in [1.165, 1.54) is 11.8 Å². The van der Waals surface area contributed by atoms with Crippen molar-refractivity contribution in [2.45, 2.75) is 16.6 Å². The second-order valence-electron chi connectivity index (χ2n) is 4.36. The van der Waals surface area contributed by atoms with Crippen LogP contribution in [-0.4, -0.2) is 29.8 Å². The van der Waals surface area contributed by atoms with E-state index in [-0.39, 0.29) is 5.82 Å². The summed E-state index contributed by atoms with van der Waals surface area (Å²) in [5.41, 5.74) is 0.919. The van der Waals surface area contributed by atoms with Crippen molar-refractivity contribution < 1.29 is 9.13 Å². The molecule has 0 atom stereocenters. The van der Waals surface area contributed by atoms with Crippen LogP contribution in [0.2, 0.25) is 0 Å². The molecule has 2 aromatic rings. The summed E-state index contributed by atoms with van der Waals surface area (Å²) in [6.45, 7) is 2.03. The number of hydrogen-bond donors (Lipinski definition) is 1. The van der Waals surface area contributed by atoms with Crippen molar-refractivity contribution in [3.63, 3.8) is 0 Å². The third-order valence-electron chi connectivity index (χ3n) is 2.79. The Kier molecular flexibility index (Phi) is 5.58. The predicted molar refractivity (Wildman–Crippen MR) is 77.3 cm³/mol. The minimum Gasteiger partial charge on any atom is -0.383 e. The molecule has 1 N–H and O–H groups in total. The fourth-order valence-electron chi connectivity index (χ4n) is 1.69. The Morgan fingerprint density at radius 2 is 2.30 bits per heavy atom. The van der Waals surface area contributed by atoms with Crippen LogP contribution in [0.15, 0.2) is 40.6 Å². The molecule has 0 unspecified atom stereocenters. The maximum Gasteiger partial charge on any atom is 0.172 e. The number of hydrogen-bond acceptors (Lipinski definition) is 4. The fraction of sp³-hybridized carbons (Fsp3) is 0.357. The van der Waals surface area contributed by atoms with Gasteiger partial charge >= 0.3 is 0 Å². The maximum atomic E-state index is 14.0. The van der Waals surface area contributed by atoms with E-state index in [4.69, 9.17) is 4.74 Å². The van der Waals surface area contributed by atoms with Gasteiger partial charge in [-0.3, -0.25) is 0 Å². The highest BCUT2D eigenvalue weighted by molar-refractivity contribution is 7.99. The molecule has 1 aromatic carbocycles. The van der Waals surface area contributed by atoms with E-state index in [1.54, 1.807) is 25.4 Å². The van der Waals surface area contributed by atoms with Crippen molar-refractivity contribution in [2.24, 2.45) is 7.05 Å². The van der Waals surface area contributed by atoms with Crippen molar-refractivity contribution in [2.75, 3.05) is 20.3 Å². The molecule has 0 spiro atoms. The van der Waals surface area contributed by atoms with Gasteiger partial charge in [-0.25, -0.2) is 9.37 Å². The van der Waals surface area contributed by atoms with Crippen LogP contribution in [0.4, 0.5) is 4.39 Å². The number of halogens is 1. The normalized spacial score (nSPS) is 10.9. The highest BCUT2D eigenvalue weighted by atomic mass is 32.2. The summed E-state index contributed by atoms with van der Waals surface area (Å²) in [6, 6.07) is 5.28. The van der Waals surface area contributed by atoms with E-state index in [2.05, 4.69) is 10.3 Å². The molecule has 0 aliphatic carbocycles. The number of nitrogens with zero attached hydrogens (tertiary/aromatic N) is 2. The molecule has 0 saturated carbocycles. The lowest BCUT2D eigenvalue weighted by Gasteiger charge is -2.07. The lowest BCUT2D eigenvalue weighted by Crippen LogP contribution is -2.18. The molecular weight excluding hydrogens is 277 g/mol. The number of nitrogens with one attached hydrogen (secondary N) is 1. The van der Waals surface area contributed by atoms with E-state index in [0.29, 0.717) is 18.0 Å². The van der Waals surface area contributed by atoms with Crippen molar-refractivity contribution in [1.82, 2.24) is 14.9 Å². The first kappa shape index (κ1) is 15.0. The van der Waals surface area contributed by atoms with E-state index in [9.17, 15) is 4.39 Å². The average Bonchev–Trinajstić information content (AvgIpc) is 2.83. The van der Waals surface area contributed by atoms with Gasteiger partial charge in [-0.1, -0.05) is 6.07 Å². The third kappa shape index (κ3) is 4.06. The Morgan fingerprint density at radius 3 is 2.95 bits per heavy atom. The first-order valence-corrected chi connectivity index (χ1v) is 7.15. The van der Waals surface area contributed by atoms with Gasteiger partial charge in [0.05, 0.1) is 11.5 Å². The molecule has 4 nitrogen and oxygen atoms in total. The summed E-state index contributed by atoms with van der Waals surface area (Å²) >= 11 is 1.32. The topological polar surface area (TPSA) is 39.1 Å². The van der Waals surface area contributed by atoms with Crippen LogP contribution >= 0.6 is 11.8 Å². The number of benzene rings is 1. The van der Waals surface area contributed by atoms with E-state index in [0.717, 1.165) is 17.3 Å². The second-order valence-corrected chi connectivity index (χ2v) is 5.37. The predicted octanol–water partition coefficient (Wildman–Crippen LogP) is 2.45. The standard InChI is InChI=1S/C14H18FN3OS/c1-18-7-5-17-14(18)20-13-4-3-11(9-12(13)15)10-16-6-8-19-2/h3-5,7,9,16H,6,8,10H2,1-2H3. The largest absolute Gasteiger partial charge is 0.383 e. The van der Waals surface area contributed by atoms with Crippen molar-refractivity contribution in [3.05, 3.63) is 42.0 Å². The lowest BCUT2D eigenvalue weighted by molar-refractivity contribution is 0.199. The number of aromatic nitrogens is 2. The Labute approximate surface area is 122 Å². The molecule has 1 heterocycles. The molecule has 0 saturated heterocycles. The molecule has 1 aromatic heterocycles. The van der Waals surface area contributed by atoms with E-state index < -0.39 is 0 Å². The zero-order chi connectivity index (χ0) is 14.4. The molecule has 0 aliphatic heterocycles. The van der Waals surface area contributed by atoms with Crippen molar-refractivity contribution in [3.8, 4) is 0 Å². The molecule has 108 valence electrons. The van der Waals surface area contributed by atoms with E-state index in [1.807, 2.05) is 23.9 Å². The van der Waals surface area contributed by atoms with Crippen LogP contribution in [0, 0.1) is 5.82 Å². The Bertz CT molecular complexity index is 559. The molecule has 2 rings (SSSR count). The lowest BCUT2D eigenvalue weighted by atomic mass is 10.2. The average molecular weight is 295 g/mol. The SMILES string of the molecule is COCCNCc1ccc(Sc2nccn2C)c(F)c1. The highest BCUT2D eigenvalue weighted by Gasteiger charge is 2.08. The number of rotatable bonds is 7. The molecule has 6 heteroatoms. The summed E-state index contributed by atoms with van der Waals surface area (Å²) in [5, 5.41) is 3.96. The van der Waals surface area contributed by atoms with Crippen molar-refractivity contribution in [1.29, 1.82) is 0 Å². The third-order valence-corrected chi connectivity index (χ3v) is 3.91. The molecule has 0 fully saturated rings. The summed E-state index contributed by atoms with van der Waals surface area (Å²) in [5.74, 6) is -0.218. The van der Waals surface area contributed by atoms with Gasteiger partial charge in [0.2, 0.25) is 0 Å². The Morgan fingerprint density at radius 1 is 1.45 bits per heavy atom. The summed E-state index contributed by atoms with van der Waals surface area (Å²) < 4.78 is 20.8. The Balaban J connectivity index is 1.97. The maximum absolute atomic E-state index is 14.0. The number of ether oxygens (including phenoxy) is 1. The summed E-state index contributed by atoms with van der Waals surface area (Å²) in [4.78, 5) is 4.76. The molecule has 20 heavy (non-hydrogen) atoms. The van der Waals surface area contributed by atoms with Gasteiger partial charge < -0.3 is 14.6 Å². The van der Waals surface area contributed by atoms with Gasteiger partial charge in [-0.05, 0) is 29.5 Å². The van der Waals surface area contributed by atoms with Crippen LogP contribution in [0.25, 0.3) is 0 Å². The van der Waals surface area contributed by atoms with Crippen LogP contribution in [0.5, 0.6) is 0 Å². The Hall–Kier alpha value is -1.37. The zero-order valence-corrected chi connectivity index (χ0v) is 12.4. The van der Waals surface area contributed by atoms with E-state index >= 15 is 0 Å². The van der Waals surface area contributed by atoms with Crippen molar-refractivity contribution >= 4 is 11.8 Å². The molecule has 0 amide bonds. The van der Waals surface area contributed by atoms with Crippen LogP contribution in [0.1, 0.15) is 5.56 Å². The number of methoxy groups -OCH3 is 1. The van der Waals surface area contributed by atoms with Gasteiger partial charge in [0, 0.05) is 39.6 Å². The summed E-state index contributed by atoms with van der Waals surface area (Å²) in [7, 11) is 3.55. The number of imidazole rings is 1. The highest BCUT2D eigenvalue weighted by Crippen LogP contribution is 2.28. The zero-order valence-electron chi connectivity index (χ0n) is 11.6. The molecular formula is C14H18FN3OS. The van der Waals surface area contributed by atoms with Gasteiger partial charge in [0.1, 0.15) is 5.82 Å². The van der Waals surface area contributed by atoms with Gasteiger partial charge in [0.25, 0.3) is 0 Å². The monoisotopic (exact) mass is 295 g/mol. The smallest absolute Gasteiger partial charge is 0.172 e.